The van der Waals surface area contributed by atoms with Gasteiger partial charge in [0.1, 0.15) is 5.82 Å². The largest absolute Gasteiger partial charge is 0.332 e. The minimum atomic E-state index is -3.51. The first kappa shape index (κ1) is 24.8. The molecule has 4 rings (SSSR count). The van der Waals surface area contributed by atoms with Gasteiger partial charge in [-0.1, -0.05) is 37.1 Å². The minimum absolute atomic E-state index is 0.173. The van der Waals surface area contributed by atoms with Crippen LogP contribution in [0.3, 0.4) is 0 Å². The number of nitrogens with zero attached hydrogens (tertiary/aromatic N) is 3. The number of carbonyl (C=O) groups is 1. The lowest BCUT2D eigenvalue weighted by Crippen LogP contribution is -2.31. The zero-order chi connectivity index (χ0) is 24.8. The van der Waals surface area contributed by atoms with Crippen LogP contribution in [0, 0.1) is 0 Å². The van der Waals surface area contributed by atoms with E-state index in [9.17, 15) is 18.0 Å². The molecular formula is C26H30N4O4S. The third-order valence-electron chi connectivity index (χ3n) is 6.20. The van der Waals surface area contributed by atoms with Gasteiger partial charge in [-0.15, -0.1) is 0 Å². The van der Waals surface area contributed by atoms with Crippen molar-refractivity contribution in [2.24, 2.45) is 0 Å². The molecule has 0 radical (unpaired) electrons. The van der Waals surface area contributed by atoms with E-state index in [0.717, 1.165) is 31.2 Å². The van der Waals surface area contributed by atoms with Crippen molar-refractivity contribution in [3.63, 3.8) is 0 Å². The third kappa shape index (κ3) is 5.86. The van der Waals surface area contributed by atoms with Crippen LogP contribution in [0.1, 0.15) is 44.0 Å². The first-order valence-corrected chi connectivity index (χ1v) is 13.4. The van der Waals surface area contributed by atoms with Crippen molar-refractivity contribution in [1.82, 2.24) is 19.2 Å². The maximum Gasteiger partial charge on any atom is 0.258 e. The molecule has 1 amide bonds. The second kappa shape index (κ2) is 11.0. The van der Waals surface area contributed by atoms with Gasteiger partial charge in [0.15, 0.2) is 0 Å². The van der Waals surface area contributed by atoms with Crippen molar-refractivity contribution < 1.29 is 13.2 Å². The van der Waals surface area contributed by atoms with Crippen molar-refractivity contribution in [3.05, 3.63) is 76.3 Å². The highest BCUT2D eigenvalue weighted by Gasteiger charge is 2.24. The number of benzene rings is 2. The summed E-state index contributed by atoms with van der Waals surface area (Å²) >= 11 is 0. The van der Waals surface area contributed by atoms with Crippen LogP contribution in [0.5, 0.6) is 0 Å². The van der Waals surface area contributed by atoms with Crippen LogP contribution in [-0.4, -0.2) is 53.1 Å². The fourth-order valence-corrected chi connectivity index (χ4v) is 5.71. The van der Waals surface area contributed by atoms with Gasteiger partial charge in [-0.3, -0.25) is 9.59 Å². The standard InChI is InChI=1S/C26H30N4O4S/c1-2-29(19-24-27-23-10-6-5-9-22(23)26(32)28-24)25(31)16-13-20-11-14-21(15-12-20)35(33,34)30-17-7-3-4-8-18-30/h5-6,9-16H,2-4,7-8,17-19H2,1H3,(H,27,28,32). The summed E-state index contributed by atoms with van der Waals surface area (Å²) in [6, 6.07) is 13.7. The Balaban J connectivity index is 1.44. The van der Waals surface area contributed by atoms with Gasteiger partial charge in [0, 0.05) is 25.7 Å². The predicted octanol–water partition coefficient (Wildman–Crippen LogP) is 3.55. The highest BCUT2D eigenvalue weighted by atomic mass is 32.2. The number of amides is 1. The van der Waals surface area contributed by atoms with Crippen molar-refractivity contribution in [1.29, 1.82) is 0 Å². The van der Waals surface area contributed by atoms with E-state index < -0.39 is 10.0 Å². The van der Waals surface area contributed by atoms with E-state index in [1.807, 2.05) is 13.0 Å². The van der Waals surface area contributed by atoms with Crippen LogP contribution in [0.15, 0.2) is 64.3 Å². The summed E-state index contributed by atoms with van der Waals surface area (Å²) in [4.78, 5) is 34.1. The molecule has 1 aliphatic rings. The molecule has 0 saturated carbocycles. The molecule has 2 heterocycles. The topological polar surface area (TPSA) is 103 Å². The molecule has 35 heavy (non-hydrogen) atoms. The number of likely N-dealkylation sites (N-methyl/N-ethyl adjacent to an activating group) is 1. The molecule has 0 aliphatic carbocycles. The number of para-hydroxylation sites is 1. The lowest BCUT2D eigenvalue weighted by Gasteiger charge is -2.20. The smallest absolute Gasteiger partial charge is 0.258 e. The monoisotopic (exact) mass is 494 g/mol. The molecule has 1 N–H and O–H groups in total. The average Bonchev–Trinajstić information content (AvgIpc) is 3.16. The normalized spacial score (nSPS) is 15.3. The Morgan fingerprint density at radius 1 is 1.06 bits per heavy atom. The van der Waals surface area contributed by atoms with E-state index in [2.05, 4.69) is 9.97 Å². The number of rotatable bonds is 7. The molecule has 1 aromatic heterocycles. The highest BCUT2D eigenvalue weighted by Crippen LogP contribution is 2.21. The molecular weight excluding hydrogens is 464 g/mol. The summed E-state index contributed by atoms with van der Waals surface area (Å²) in [6.45, 7) is 3.58. The van der Waals surface area contributed by atoms with Gasteiger partial charge in [0.2, 0.25) is 15.9 Å². The van der Waals surface area contributed by atoms with Crippen LogP contribution < -0.4 is 5.56 Å². The van der Waals surface area contributed by atoms with Gasteiger partial charge in [-0.25, -0.2) is 13.4 Å². The lowest BCUT2D eigenvalue weighted by atomic mass is 10.2. The molecule has 0 unspecified atom stereocenters. The number of H-pyrrole nitrogens is 1. The Kier molecular flexibility index (Phi) is 7.77. The molecule has 0 atom stereocenters. The summed E-state index contributed by atoms with van der Waals surface area (Å²) in [5.41, 5.74) is 1.07. The quantitative estimate of drug-likeness (QED) is 0.506. The molecule has 1 saturated heterocycles. The molecule has 3 aromatic rings. The van der Waals surface area contributed by atoms with E-state index in [4.69, 9.17) is 0 Å². The number of hydrogen-bond acceptors (Lipinski definition) is 5. The number of aromatic nitrogens is 2. The molecule has 9 heteroatoms. The highest BCUT2D eigenvalue weighted by molar-refractivity contribution is 7.89. The third-order valence-corrected chi connectivity index (χ3v) is 8.11. The van der Waals surface area contributed by atoms with Crippen LogP contribution in [-0.2, 0) is 21.4 Å². The minimum Gasteiger partial charge on any atom is -0.332 e. The summed E-state index contributed by atoms with van der Waals surface area (Å²) < 4.78 is 27.4. The summed E-state index contributed by atoms with van der Waals surface area (Å²) in [5.74, 6) is 0.185. The molecule has 2 aromatic carbocycles. The Morgan fingerprint density at radius 3 is 2.43 bits per heavy atom. The van der Waals surface area contributed by atoms with Gasteiger partial charge < -0.3 is 9.88 Å². The van der Waals surface area contributed by atoms with Crippen molar-refractivity contribution in [2.45, 2.75) is 44.0 Å². The number of nitrogens with one attached hydrogen (secondary N) is 1. The maximum atomic E-state index is 12.9. The first-order chi connectivity index (χ1) is 16.9. The molecule has 1 aliphatic heterocycles. The van der Waals surface area contributed by atoms with E-state index >= 15 is 0 Å². The van der Waals surface area contributed by atoms with Crippen molar-refractivity contribution in [3.8, 4) is 0 Å². The van der Waals surface area contributed by atoms with E-state index in [1.165, 1.54) is 6.08 Å². The van der Waals surface area contributed by atoms with Crippen LogP contribution in [0.4, 0.5) is 0 Å². The fraction of sp³-hybridized carbons (Fsp3) is 0.346. The van der Waals surface area contributed by atoms with Crippen molar-refractivity contribution >= 4 is 32.9 Å². The SMILES string of the molecule is CCN(Cc1nc2ccccc2c(=O)[nH]1)C(=O)C=Cc1ccc(S(=O)(=O)N2CCCCCC2)cc1. The van der Waals surface area contributed by atoms with E-state index in [1.54, 1.807) is 57.7 Å². The summed E-state index contributed by atoms with van der Waals surface area (Å²) in [7, 11) is -3.51. The number of aromatic amines is 1. The van der Waals surface area contributed by atoms with Crippen LogP contribution in [0.2, 0.25) is 0 Å². The van der Waals surface area contributed by atoms with Gasteiger partial charge in [0.05, 0.1) is 22.3 Å². The Hall–Kier alpha value is -3.30. The van der Waals surface area contributed by atoms with Gasteiger partial charge >= 0.3 is 0 Å². The summed E-state index contributed by atoms with van der Waals surface area (Å²) in [5, 5.41) is 0.506. The fourth-order valence-electron chi connectivity index (χ4n) is 4.19. The van der Waals surface area contributed by atoms with Crippen LogP contribution >= 0.6 is 0 Å². The average molecular weight is 495 g/mol. The van der Waals surface area contributed by atoms with Gasteiger partial charge in [-0.2, -0.15) is 4.31 Å². The molecule has 0 bridgehead atoms. The number of sulfonamides is 1. The Morgan fingerprint density at radius 2 is 1.74 bits per heavy atom. The second-order valence-electron chi connectivity index (χ2n) is 8.60. The zero-order valence-electron chi connectivity index (χ0n) is 19.8. The number of fused-ring (bicyclic) bond motifs is 1. The Bertz CT molecular complexity index is 1370. The number of carbonyl (C=O) groups excluding carboxylic acids is 1. The van der Waals surface area contributed by atoms with E-state index in [0.29, 0.717) is 36.4 Å². The first-order valence-electron chi connectivity index (χ1n) is 11.9. The predicted molar refractivity (Wildman–Crippen MR) is 136 cm³/mol. The van der Waals surface area contributed by atoms with Crippen molar-refractivity contribution in [2.75, 3.05) is 19.6 Å². The molecule has 0 spiro atoms. The molecule has 8 nitrogen and oxygen atoms in total. The zero-order valence-corrected chi connectivity index (χ0v) is 20.6. The van der Waals surface area contributed by atoms with Gasteiger partial charge in [0.25, 0.3) is 5.56 Å². The molecule has 184 valence electrons. The van der Waals surface area contributed by atoms with Crippen LogP contribution in [0.25, 0.3) is 17.0 Å². The maximum absolute atomic E-state index is 12.9. The lowest BCUT2D eigenvalue weighted by molar-refractivity contribution is -0.126. The van der Waals surface area contributed by atoms with E-state index in [-0.39, 0.29) is 22.9 Å². The van der Waals surface area contributed by atoms with Gasteiger partial charge in [-0.05, 0) is 55.7 Å². The number of hydrogen-bond donors (Lipinski definition) is 1. The summed E-state index contributed by atoms with van der Waals surface area (Å²) in [6.07, 6.45) is 7.00. The second-order valence-corrected chi connectivity index (χ2v) is 10.5. The Labute approximate surface area is 205 Å². The molecule has 1 fully saturated rings.